The number of allylic oxidation sites excluding steroid dienone is 1. The van der Waals surface area contributed by atoms with E-state index in [1.165, 1.54) is 0 Å². The summed E-state index contributed by atoms with van der Waals surface area (Å²) in [6.07, 6.45) is 4.51. The summed E-state index contributed by atoms with van der Waals surface area (Å²) in [6, 6.07) is 4.03. The van der Waals surface area contributed by atoms with Gasteiger partial charge in [-0.3, -0.25) is 9.59 Å². The van der Waals surface area contributed by atoms with Gasteiger partial charge >= 0.3 is 0 Å². The lowest BCUT2D eigenvalue weighted by Crippen LogP contribution is -2.18. The van der Waals surface area contributed by atoms with Gasteiger partial charge in [0.05, 0.1) is 0 Å². The van der Waals surface area contributed by atoms with Crippen LogP contribution in [0.5, 0.6) is 0 Å². The number of aryl methyl sites for hydroxylation is 3. The largest absolute Gasteiger partial charge is 0.298 e. The molecule has 0 N–H and O–H groups in total. The van der Waals surface area contributed by atoms with Gasteiger partial charge < -0.3 is 0 Å². The molecule has 4 heteroatoms. The highest BCUT2D eigenvalue weighted by Gasteiger charge is 2.42. The summed E-state index contributed by atoms with van der Waals surface area (Å²) < 4.78 is 0. The van der Waals surface area contributed by atoms with Gasteiger partial charge in [-0.05, 0) is 56.4 Å². The average Bonchev–Trinajstić information content (AvgIpc) is 2.82. The topological polar surface area (TPSA) is 59.9 Å². The zero-order valence-corrected chi connectivity index (χ0v) is 15.8. The normalized spacial score (nSPS) is 19.8. The van der Waals surface area contributed by atoms with Crippen LogP contribution in [0.4, 0.5) is 0 Å². The van der Waals surface area contributed by atoms with Crippen molar-refractivity contribution in [2.75, 3.05) is 0 Å². The molecule has 1 saturated carbocycles. The lowest BCUT2D eigenvalue weighted by atomic mass is 9.85. The molecule has 1 aliphatic carbocycles. The fourth-order valence-electron chi connectivity index (χ4n) is 3.89. The molecular weight excluding hydrogens is 324 g/mol. The van der Waals surface area contributed by atoms with E-state index in [0.717, 1.165) is 39.2 Å². The number of hydrogen-bond acceptors (Lipinski definition) is 4. The molecule has 3 rings (SSSR count). The minimum Gasteiger partial charge on any atom is -0.298 e. The van der Waals surface area contributed by atoms with E-state index < -0.39 is 5.92 Å². The van der Waals surface area contributed by atoms with Crippen molar-refractivity contribution in [2.45, 2.75) is 46.5 Å². The van der Waals surface area contributed by atoms with Crippen LogP contribution in [-0.4, -0.2) is 21.5 Å². The molecule has 0 aliphatic heterocycles. The predicted octanol–water partition coefficient (Wildman–Crippen LogP) is 4.28. The lowest BCUT2D eigenvalue weighted by Gasteiger charge is -2.17. The highest BCUT2D eigenvalue weighted by Crippen LogP contribution is 2.39. The van der Waals surface area contributed by atoms with Crippen molar-refractivity contribution in [3.05, 3.63) is 59.2 Å². The summed E-state index contributed by atoms with van der Waals surface area (Å²) >= 11 is 0. The third kappa shape index (κ3) is 3.36. The Balaban J connectivity index is 1.99. The molecule has 4 nitrogen and oxygen atoms in total. The number of benzene rings is 1. The average molecular weight is 348 g/mol. The van der Waals surface area contributed by atoms with E-state index in [-0.39, 0.29) is 17.5 Å². The Kier molecular flexibility index (Phi) is 4.86. The first-order valence-electron chi connectivity index (χ1n) is 8.89. The van der Waals surface area contributed by atoms with E-state index in [4.69, 9.17) is 0 Å². The van der Waals surface area contributed by atoms with Gasteiger partial charge in [-0.25, -0.2) is 9.97 Å². The number of Topliss-reactive ketones (excluding diaryl/α,β-unsaturated/α-hetero) is 2. The van der Waals surface area contributed by atoms with Gasteiger partial charge in [-0.2, -0.15) is 0 Å². The molecule has 2 aromatic rings. The molecule has 26 heavy (non-hydrogen) atoms. The molecule has 0 saturated heterocycles. The molecule has 1 heterocycles. The van der Waals surface area contributed by atoms with Crippen LogP contribution in [0.1, 0.15) is 48.2 Å². The van der Waals surface area contributed by atoms with Gasteiger partial charge in [0.2, 0.25) is 0 Å². The summed E-state index contributed by atoms with van der Waals surface area (Å²) in [6.45, 7) is 11.6. The van der Waals surface area contributed by atoms with Crippen LogP contribution in [-0.2, 0) is 9.59 Å². The second kappa shape index (κ2) is 6.94. The van der Waals surface area contributed by atoms with Crippen LogP contribution in [0, 0.1) is 26.7 Å². The Morgan fingerprint density at radius 3 is 2.19 bits per heavy atom. The van der Waals surface area contributed by atoms with E-state index in [1.54, 1.807) is 12.4 Å². The first-order chi connectivity index (χ1) is 12.3. The maximum atomic E-state index is 12.9. The fourth-order valence-corrected chi connectivity index (χ4v) is 3.89. The smallest absolute Gasteiger partial charge is 0.151 e. The van der Waals surface area contributed by atoms with Crippen LogP contribution in [0.15, 0.2) is 36.7 Å². The number of nitrogens with zero attached hydrogens (tertiary/aromatic N) is 2. The fraction of sp³-hybridized carbons (Fsp3) is 0.364. The Morgan fingerprint density at radius 2 is 1.65 bits per heavy atom. The maximum Gasteiger partial charge on any atom is 0.151 e. The molecule has 0 amide bonds. The van der Waals surface area contributed by atoms with Crippen LogP contribution < -0.4 is 0 Å². The van der Waals surface area contributed by atoms with Gasteiger partial charge in [-0.15, -0.1) is 6.58 Å². The summed E-state index contributed by atoms with van der Waals surface area (Å²) in [4.78, 5) is 34.0. The SMILES string of the molecule is C=C(C)CC1CC(=O)C(c2c(C)cc(-c3cnc(C)nc3)cc2C)C1=O. The first kappa shape index (κ1) is 18.2. The molecular formula is C22H24N2O2. The molecule has 1 aliphatic rings. The van der Waals surface area contributed by atoms with E-state index in [2.05, 4.69) is 16.5 Å². The minimum atomic E-state index is -0.636. The molecule has 0 bridgehead atoms. The Hall–Kier alpha value is -2.62. The van der Waals surface area contributed by atoms with Crippen molar-refractivity contribution in [1.29, 1.82) is 0 Å². The molecule has 134 valence electrons. The standard InChI is InChI=1S/C22H24N2O2/c1-12(2)6-17-9-19(25)21(22(17)26)20-13(3)7-16(8-14(20)4)18-10-23-15(5)24-11-18/h7-8,10-11,17,21H,1,6,9H2,2-5H3. The van der Waals surface area contributed by atoms with Gasteiger partial charge in [0.25, 0.3) is 0 Å². The van der Waals surface area contributed by atoms with Crippen LogP contribution in [0.25, 0.3) is 11.1 Å². The van der Waals surface area contributed by atoms with E-state index in [9.17, 15) is 9.59 Å². The van der Waals surface area contributed by atoms with Crippen LogP contribution in [0.2, 0.25) is 0 Å². The zero-order valence-electron chi connectivity index (χ0n) is 15.8. The maximum absolute atomic E-state index is 12.9. The number of ketones is 2. The number of carbonyl (C=O) groups is 2. The molecule has 2 atom stereocenters. The lowest BCUT2D eigenvalue weighted by molar-refractivity contribution is -0.124. The van der Waals surface area contributed by atoms with Crippen molar-refractivity contribution in [3.8, 4) is 11.1 Å². The molecule has 1 fully saturated rings. The molecule has 1 aromatic carbocycles. The second-order valence-electron chi connectivity index (χ2n) is 7.41. The van der Waals surface area contributed by atoms with Crippen LogP contribution >= 0.6 is 0 Å². The molecule has 2 unspecified atom stereocenters. The van der Waals surface area contributed by atoms with Gasteiger partial charge in [0.15, 0.2) is 5.78 Å². The van der Waals surface area contributed by atoms with E-state index in [1.807, 2.05) is 39.8 Å². The van der Waals surface area contributed by atoms with Crippen LogP contribution in [0.3, 0.4) is 0 Å². The Labute approximate surface area is 154 Å². The summed E-state index contributed by atoms with van der Waals surface area (Å²) in [7, 11) is 0. The monoisotopic (exact) mass is 348 g/mol. The van der Waals surface area contributed by atoms with E-state index >= 15 is 0 Å². The van der Waals surface area contributed by atoms with E-state index in [0.29, 0.717) is 12.8 Å². The number of aromatic nitrogens is 2. The van der Waals surface area contributed by atoms with Crippen molar-refractivity contribution in [3.63, 3.8) is 0 Å². The zero-order chi connectivity index (χ0) is 19.0. The summed E-state index contributed by atoms with van der Waals surface area (Å²) in [5, 5.41) is 0. The Bertz CT molecular complexity index is 874. The van der Waals surface area contributed by atoms with Crippen molar-refractivity contribution < 1.29 is 9.59 Å². The number of rotatable bonds is 4. The predicted molar refractivity (Wildman–Crippen MR) is 102 cm³/mol. The molecule has 0 radical (unpaired) electrons. The number of carbonyl (C=O) groups excluding carboxylic acids is 2. The second-order valence-corrected chi connectivity index (χ2v) is 7.41. The van der Waals surface area contributed by atoms with Crippen molar-refractivity contribution in [1.82, 2.24) is 9.97 Å². The molecule has 1 aromatic heterocycles. The molecule has 0 spiro atoms. The highest BCUT2D eigenvalue weighted by atomic mass is 16.2. The number of hydrogen-bond donors (Lipinski definition) is 0. The summed E-state index contributed by atoms with van der Waals surface area (Å²) in [5.74, 6) is -0.0735. The summed E-state index contributed by atoms with van der Waals surface area (Å²) in [5.41, 5.74) is 5.66. The quantitative estimate of drug-likeness (QED) is 0.611. The van der Waals surface area contributed by atoms with Gasteiger partial charge in [0, 0.05) is 30.3 Å². The first-order valence-corrected chi connectivity index (χ1v) is 8.89. The van der Waals surface area contributed by atoms with Crippen molar-refractivity contribution in [2.24, 2.45) is 5.92 Å². The third-order valence-corrected chi connectivity index (χ3v) is 5.05. The Morgan fingerprint density at radius 1 is 1.08 bits per heavy atom. The minimum absolute atomic E-state index is 0.0267. The van der Waals surface area contributed by atoms with Gasteiger partial charge in [0.1, 0.15) is 17.5 Å². The van der Waals surface area contributed by atoms with Gasteiger partial charge in [-0.1, -0.05) is 17.7 Å². The highest BCUT2D eigenvalue weighted by molar-refractivity contribution is 6.15. The van der Waals surface area contributed by atoms with Crippen molar-refractivity contribution >= 4 is 11.6 Å². The third-order valence-electron chi connectivity index (χ3n) is 5.05.